The molecular weight excluding hydrogens is 260 g/mol. The molecule has 0 atom stereocenters. The fourth-order valence-corrected chi connectivity index (χ4v) is 2.23. The van der Waals surface area contributed by atoms with Crippen molar-refractivity contribution < 1.29 is 9.47 Å². The van der Waals surface area contributed by atoms with Gasteiger partial charge in [0.25, 0.3) is 0 Å². The molecule has 0 radical (unpaired) electrons. The van der Waals surface area contributed by atoms with Gasteiger partial charge in [0.05, 0.1) is 0 Å². The molecule has 2 heteroatoms. The zero-order valence-electron chi connectivity index (χ0n) is 14.3. The van der Waals surface area contributed by atoms with Crippen LogP contribution < -0.4 is 0 Å². The van der Waals surface area contributed by atoms with Gasteiger partial charge in [0.1, 0.15) is 0 Å². The highest BCUT2D eigenvalue weighted by Gasteiger charge is 1.89. The Hall–Kier alpha value is -0.600. The Balaban J connectivity index is 3.14. The highest BCUT2D eigenvalue weighted by molar-refractivity contribution is 4.92. The summed E-state index contributed by atoms with van der Waals surface area (Å²) in [6.07, 6.45) is 23.1. The van der Waals surface area contributed by atoms with Crippen LogP contribution in [0.1, 0.15) is 70.6 Å². The quantitative estimate of drug-likeness (QED) is 0.269. The fraction of sp³-hybridized carbons (Fsp3) is 0.789. The van der Waals surface area contributed by atoms with E-state index in [2.05, 4.69) is 24.3 Å². The summed E-state index contributed by atoms with van der Waals surface area (Å²) in [5.41, 5.74) is 0. The lowest BCUT2D eigenvalue weighted by Gasteiger charge is -1.98. The van der Waals surface area contributed by atoms with Crippen molar-refractivity contribution in [2.45, 2.75) is 70.6 Å². The lowest BCUT2D eigenvalue weighted by molar-refractivity contribution is 0.192. The fourth-order valence-electron chi connectivity index (χ4n) is 2.23. The molecule has 124 valence electrons. The van der Waals surface area contributed by atoms with E-state index in [4.69, 9.17) is 9.47 Å². The van der Waals surface area contributed by atoms with Crippen LogP contribution in [-0.4, -0.2) is 27.4 Å². The van der Waals surface area contributed by atoms with Crippen molar-refractivity contribution in [2.75, 3.05) is 27.4 Å². The molecule has 0 spiro atoms. The second-order valence-corrected chi connectivity index (χ2v) is 5.57. The molecule has 2 nitrogen and oxygen atoms in total. The minimum absolute atomic E-state index is 0.910. The molecule has 0 aromatic rings. The summed E-state index contributed by atoms with van der Waals surface area (Å²) in [4.78, 5) is 0. The van der Waals surface area contributed by atoms with Crippen LogP contribution in [0.15, 0.2) is 24.3 Å². The van der Waals surface area contributed by atoms with Crippen molar-refractivity contribution in [3.63, 3.8) is 0 Å². The highest BCUT2D eigenvalue weighted by Crippen LogP contribution is 2.05. The molecule has 0 saturated carbocycles. The average molecular weight is 296 g/mol. The van der Waals surface area contributed by atoms with Crippen LogP contribution in [0, 0.1) is 0 Å². The van der Waals surface area contributed by atoms with Crippen molar-refractivity contribution >= 4 is 0 Å². The van der Waals surface area contributed by atoms with E-state index in [1.54, 1.807) is 14.2 Å². The molecule has 0 heterocycles. The third-order valence-corrected chi connectivity index (χ3v) is 3.54. The number of allylic oxidation sites excluding steroid dienone is 4. The molecule has 0 saturated heterocycles. The Morgan fingerprint density at radius 1 is 0.524 bits per heavy atom. The van der Waals surface area contributed by atoms with Crippen LogP contribution in [0.2, 0.25) is 0 Å². The summed E-state index contributed by atoms with van der Waals surface area (Å²) >= 11 is 0. The number of hydrogen-bond acceptors (Lipinski definition) is 2. The predicted molar refractivity (Wildman–Crippen MR) is 92.8 cm³/mol. The molecule has 0 aromatic carbocycles. The summed E-state index contributed by atoms with van der Waals surface area (Å²) in [6, 6.07) is 0. The molecule has 0 aliphatic carbocycles. The first-order valence-corrected chi connectivity index (χ1v) is 8.69. The normalized spacial score (nSPS) is 11.9. The standard InChI is InChI=1S/C19H36O2/c1-20-18-16-14-12-10-8-6-4-3-5-7-9-11-13-15-17-19-21-2/h4-7H,3,8-19H2,1-2H3. The van der Waals surface area contributed by atoms with E-state index in [0.29, 0.717) is 0 Å². The molecule has 0 aliphatic rings. The zero-order valence-corrected chi connectivity index (χ0v) is 14.3. The zero-order chi connectivity index (χ0) is 15.4. The van der Waals surface area contributed by atoms with E-state index >= 15 is 0 Å². The van der Waals surface area contributed by atoms with Crippen LogP contribution >= 0.6 is 0 Å². The van der Waals surface area contributed by atoms with Gasteiger partial charge in [-0.05, 0) is 44.9 Å². The number of unbranched alkanes of at least 4 members (excludes halogenated alkanes) is 8. The summed E-state index contributed by atoms with van der Waals surface area (Å²) in [7, 11) is 3.55. The Morgan fingerprint density at radius 3 is 1.38 bits per heavy atom. The Morgan fingerprint density at radius 2 is 0.952 bits per heavy atom. The molecule has 0 rings (SSSR count). The maximum atomic E-state index is 5.04. The largest absolute Gasteiger partial charge is 0.385 e. The smallest absolute Gasteiger partial charge is 0.0462 e. The van der Waals surface area contributed by atoms with Gasteiger partial charge in [0, 0.05) is 27.4 Å². The van der Waals surface area contributed by atoms with E-state index in [1.807, 2.05) is 0 Å². The van der Waals surface area contributed by atoms with Gasteiger partial charge in [-0.2, -0.15) is 0 Å². The topological polar surface area (TPSA) is 18.5 Å². The van der Waals surface area contributed by atoms with Crippen molar-refractivity contribution in [1.82, 2.24) is 0 Å². The molecular formula is C19H36O2. The van der Waals surface area contributed by atoms with Crippen LogP contribution in [0.4, 0.5) is 0 Å². The molecule has 0 bridgehead atoms. The first-order valence-electron chi connectivity index (χ1n) is 8.69. The van der Waals surface area contributed by atoms with E-state index in [0.717, 1.165) is 19.6 Å². The average Bonchev–Trinajstić information content (AvgIpc) is 2.50. The van der Waals surface area contributed by atoms with Crippen LogP contribution in [0.25, 0.3) is 0 Å². The summed E-state index contributed by atoms with van der Waals surface area (Å²) in [6.45, 7) is 1.82. The molecule has 0 N–H and O–H groups in total. The van der Waals surface area contributed by atoms with E-state index in [1.165, 1.54) is 64.2 Å². The van der Waals surface area contributed by atoms with Crippen LogP contribution in [0.5, 0.6) is 0 Å². The lowest BCUT2D eigenvalue weighted by Crippen LogP contribution is -1.87. The van der Waals surface area contributed by atoms with Gasteiger partial charge in [0.15, 0.2) is 0 Å². The number of hydrogen-bond donors (Lipinski definition) is 0. The SMILES string of the molecule is COCCCCCCC=CCC=CCCCCCCOC. The lowest BCUT2D eigenvalue weighted by atomic mass is 10.1. The first kappa shape index (κ1) is 20.4. The van der Waals surface area contributed by atoms with Crippen molar-refractivity contribution in [3.05, 3.63) is 24.3 Å². The third-order valence-electron chi connectivity index (χ3n) is 3.54. The van der Waals surface area contributed by atoms with Gasteiger partial charge in [-0.25, -0.2) is 0 Å². The third kappa shape index (κ3) is 19.4. The van der Waals surface area contributed by atoms with E-state index in [-0.39, 0.29) is 0 Å². The highest BCUT2D eigenvalue weighted by atomic mass is 16.5. The van der Waals surface area contributed by atoms with Crippen molar-refractivity contribution in [1.29, 1.82) is 0 Å². The maximum absolute atomic E-state index is 5.04. The van der Waals surface area contributed by atoms with Crippen LogP contribution in [-0.2, 0) is 9.47 Å². The number of rotatable bonds is 16. The maximum Gasteiger partial charge on any atom is 0.0462 e. The first-order chi connectivity index (χ1) is 10.4. The Labute approximate surface area is 132 Å². The Bertz CT molecular complexity index is 210. The molecule has 0 fully saturated rings. The number of methoxy groups -OCH3 is 2. The van der Waals surface area contributed by atoms with Gasteiger partial charge < -0.3 is 9.47 Å². The molecule has 0 unspecified atom stereocenters. The monoisotopic (exact) mass is 296 g/mol. The van der Waals surface area contributed by atoms with Gasteiger partial charge in [-0.15, -0.1) is 0 Å². The van der Waals surface area contributed by atoms with Crippen LogP contribution in [0.3, 0.4) is 0 Å². The summed E-state index contributed by atoms with van der Waals surface area (Å²) < 4.78 is 10.1. The van der Waals surface area contributed by atoms with E-state index < -0.39 is 0 Å². The van der Waals surface area contributed by atoms with Gasteiger partial charge >= 0.3 is 0 Å². The minimum Gasteiger partial charge on any atom is -0.385 e. The molecule has 0 aliphatic heterocycles. The summed E-state index contributed by atoms with van der Waals surface area (Å²) in [5, 5.41) is 0. The molecule has 0 aromatic heterocycles. The van der Waals surface area contributed by atoms with Crippen molar-refractivity contribution in [3.8, 4) is 0 Å². The second kappa shape index (κ2) is 19.4. The van der Waals surface area contributed by atoms with Gasteiger partial charge in [-0.1, -0.05) is 50.0 Å². The Kier molecular flexibility index (Phi) is 18.8. The number of ether oxygens (including phenoxy) is 2. The molecule has 21 heavy (non-hydrogen) atoms. The summed E-state index contributed by atoms with van der Waals surface area (Å²) in [5.74, 6) is 0. The predicted octanol–water partition coefficient (Wildman–Crippen LogP) is 5.68. The van der Waals surface area contributed by atoms with E-state index in [9.17, 15) is 0 Å². The second-order valence-electron chi connectivity index (χ2n) is 5.57. The van der Waals surface area contributed by atoms with Gasteiger partial charge in [0.2, 0.25) is 0 Å². The van der Waals surface area contributed by atoms with Crippen molar-refractivity contribution in [2.24, 2.45) is 0 Å². The minimum atomic E-state index is 0.910. The van der Waals surface area contributed by atoms with Gasteiger partial charge in [-0.3, -0.25) is 0 Å². The molecule has 0 amide bonds.